The van der Waals surface area contributed by atoms with E-state index in [1.54, 1.807) is 18.2 Å². The molecule has 0 spiro atoms. The van der Waals surface area contributed by atoms with Gasteiger partial charge in [-0.3, -0.25) is 0 Å². The molecule has 2 aliphatic rings. The third-order valence-corrected chi connectivity index (χ3v) is 7.93. The first-order chi connectivity index (χ1) is 14.9. The van der Waals surface area contributed by atoms with E-state index >= 15 is 0 Å². The fourth-order valence-electron chi connectivity index (χ4n) is 4.47. The third-order valence-electron chi connectivity index (χ3n) is 5.87. The zero-order chi connectivity index (χ0) is 22.0. The molecule has 2 aliphatic heterocycles. The van der Waals surface area contributed by atoms with Gasteiger partial charge in [-0.05, 0) is 52.8 Å². The van der Waals surface area contributed by atoms with Crippen LogP contribution in [0.1, 0.15) is 24.0 Å². The van der Waals surface area contributed by atoms with Gasteiger partial charge in [0, 0.05) is 6.32 Å². The number of aliphatic hydroxyl groups excluding tert-OH is 1. The van der Waals surface area contributed by atoms with E-state index in [0.29, 0.717) is 24.0 Å². The minimum absolute atomic E-state index is 0.00232. The summed E-state index contributed by atoms with van der Waals surface area (Å²) in [5.74, 6) is -0.00236. The Morgan fingerprint density at radius 3 is 2.65 bits per heavy atom. The van der Waals surface area contributed by atoms with Gasteiger partial charge in [-0.15, -0.1) is 0 Å². The molecule has 162 valence electrons. The average molecular weight is 440 g/mol. The van der Waals surface area contributed by atoms with Gasteiger partial charge in [0.2, 0.25) is 0 Å². The smallest absolute Gasteiger partial charge is 0.456 e. The minimum Gasteiger partial charge on any atom is -0.508 e. The fourth-order valence-corrected chi connectivity index (χ4v) is 6.58. The molecule has 2 heterocycles. The Bertz CT molecular complexity index is 1110. The highest BCUT2D eigenvalue weighted by atomic mass is 32.2. The largest absolute Gasteiger partial charge is 0.508 e. The molecular formula is C23H25BO6S. The second-order valence-electron chi connectivity index (χ2n) is 8.00. The molecule has 4 rings (SSSR count). The van der Waals surface area contributed by atoms with Gasteiger partial charge in [0.05, 0.1) is 23.7 Å². The van der Waals surface area contributed by atoms with Crippen molar-refractivity contribution in [1.82, 2.24) is 0 Å². The van der Waals surface area contributed by atoms with E-state index < -0.39 is 28.3 Å². The van der Waals surface area contributed by atoms with Crippen LogP contribution in [-0.4, -0.2) is 54.5 Å². The summed E-state index contributed by atoms with van der Waals surface area (Å²) >= 11 is 0. The van der Waals surface area contributed by atoms with Crippen LogP contribution < -0.4 is 0 Å². The maximum Gasteiger partial charge on any atom is 0.456 e. The number of allylic oxidation sites excluding steroid dienone is 1. The van der Waals surface area contributed by atoms with Crippen LogP contribution >= 0.6 is 0 Å². The van der Waals surface area contributed by atoms with Crippen molar-refractivity contribution in [2.45, 2.75) is 30.5 Å². The molecule has 31 heavy (non-hydrogen) atoms. The predicted octanol–water partition coefficient (Wildman–Crippen LogP) is 2.68. The number of aromatic hydroxyl groups is 1. The van der Waals surface area contributed by atoms with Gasteiger partial charge >= 0.3 is 7.12 Å². The topological polar surface area (TPSA) is 104 Å². The number of hydrogen-bond donors (Lipinski definition) is 3. The van der Waals surface area contributed by atoms with Gasteiger partial charge in [0.15, 0.2) is 9.84 Å². The highest BCUT2D eigenvalue weighted by Crippen LogP contribution is 2.40. The summed E-state index contributed by atoms with van der Waals surface area (Å²) in [6.07, 6.45) is 2.43. The number of benzene rings is 2. The molecule has 6 nitrogen and oxygen atoms in total. The first kappa shape index (κ1) is 21.8. The number of rotatable bonds is 6. The quantitative estimate of drug-likeness (QED) is 0.363. The van der Waals surface area contributed by atoms with Crippen LogP contribution in [0.15, 0.2) is 65.7 Å². The van der Waals surface area contributed by atoms with Crippen molar-refractivity contribution >= 4 is 28.6 Å². The zero-order valence-electron chi connectivity index (χ0n) is 17.0. The Morgan fingerprint density at radius 1 is 1.16 bits per heavy atom. The third kappa shape index (κ3) is 4.77. The minimum atomic E-state index is -3.43. The molecule has 2 aromatic carbocycles. The van der Waals surface area contributed by atoms with E-state index in [4.69, 9.17) is 4.65 Å². The summed E-state index contributed by atoms with van der Waals surface area (Å²) in [5.41, 5.74) is 3.95. The molecule has 0 saturated carbocycles. The van der Waals surface area contributed by atoms with Crippen LogP contribution in [0.25, 0.3) is 11.6 Å². The molecule has 0 aliphatic carbocycles. The maximum absolute atomic E-state index is 12.5. The fraction of sp³-hybridized carbons (Fsp3) is 0.304. The van der Waals surface area contributed by atoms with Gasteiger partial charge < -0.3 is 19.9 Å². The van der Waals surface area contributed by atoms with Gasteiger partial charge in [0.1, 0.15) is 5.75 Å². The molecule has 8 heteroatoms. The SMILES string of the molecule is O=S1(=O)CC(CO)=C2[C@@H](CC/C(=C/c3cccc(O)c3)c3ccccc3)OB(O)C[C@@H]21. The van der Waals surface area contributed by atoms with Crippen molar-refractivity contribution in [1.29, 1.82) is 0 Å². The highest BCUT2D eigenvalue weighted by molar-refractivity contribution is 7.92. The van der Waals surface area contributed by atoms with Crippen LogP contribution in [0.5, 0.6) is 5.75 Å². The van der Waals surface area contributed by atoms with Gasteiger partial charge in [0.25, 0.3) is 0 Å². The van der Waals surface area contributed by atoms with Crippen molar-refractivity contribution in [2.24, 2.45) is 0 Å². The lowest BCUT2D eigenvalue weighted by molar-refractivity contribution is 0.169. The van der Waals surface area contributed by atoms with E-state index in [1.165, 1.54) is 0 Å². The number of phenolic OH excluding ortho intramolecular Hbond substituents is 1. The number of hydrogen-bond acceptors (Lipinski definition) is 6. The van der Waals surface area contributed by atoms with Crippen molar-refractivity contribution in [2.75, 3.05) is 12.4 Å². The van der Waals surface area contributed by atoms with Crippen molar-refractivity contribution in [3.8, 4) is 5.75 Å². The lowest BCUT2D eigenvalue weighted by atomic mass is 9.74. The summed E-state index contributed by atoms with van der Waals surface area (Å²) in [5, 5.41) is 28.9. The van der Waals surface area contributed by atoms with Crippen LogP contribution in [0.3, 0.4) is 0 Å². The number of sulfone groups is 1. The van der Waals surface area contributed by atoms with Crippen molar-refractivity contribution in [3.05, 3.63) is 76.9 Å². The van der Waals surface area contributed by atoms with Crippen LogP contribution in [0.4, 0.5) is 0 Å². The molecule has 1 saturated heterocycles. The molecule has 0 amide bonds. The van der Waals surface area contributed by atoms with Crippen LogP contribution in [-0.2, 0) is 14.5 Å². The number of fused-ring (bicyclic) bond motifs is 1. The Labute approximate surface area is 182 Å². The summed E-state index contributed by atoms with van der Waals surface area (Å²) < 4.78 is 30.8. The lowest BCUT2D eigenvalue weighted by Crippen LogP contribution is -2.42. The molecule has 2 aromatic rings. The second kappa shape index (κ2) is 9.00. The Hall–Kier alpha value is -2.39. The van der Waals surface area contributed by atoms with E-state index in [-0.39, 0.29) is 24.4 Å². The first-order valence-electron chi connectivity index (χ1n) is 10.3. The molecule has 0 unspecified atom stereocenters. The van der Waals surface area contributed by atoms with E-state index in [2.05, 4.69) is 0 Å². The molecule has 0 radical (unpaired) electrons. The van der Waals surface area contributed by atoms with E-state index in [1.807, 2.05) is 42.5 Å². The highest BCUT2D eigenvalue weighted by Gasteiger charge is 2.48. The lowest BCUT2D eigenvalue weighted by Gasteiger charge is -2.32. The van der Waals surface area contributed by atoms with E-state index in [0.717, 1.165) is 16.7 Å². The van der Waals surface area contributed by atoms with Crippen LogP contribution in [0, 0.1) is 0 Å². The zero-order valence-corrected chi connectivity index (χ0v) is 17.8. The summed E-state index contributed by atoms with van der Waals surface area (Å²) in [4.78, 5) is 0. The summed E-state index contributed by atoms with van der Waals surface area (Å²) in [7, 11) is -4.59. The van der Waals surface area contributed by atoms with E-state index in [9.17, 15) is 23.7 Å². The van der Waals surface area contributed by atoms with Gasteiger partial charge in [-0.1, -0.05) is 48.5 Å². The van der Waals surface area contributed by atoms with Crippen molar-refractivity contribution in [3.63, 3.8) is 0 Å². The first-order valence-corrected chi connectivity index (χ1v) is 12.0. The molecule has 2 atom stereocenters. The Balaban J connectivity index is 1.63. The monoisotopic (exact) mass is 440 g/mol. The molecule has 3 N–H and O–H groups in total. The molecule has 1 fully saturated rings. The second-order valence-corrected chi connectivity index (χ2v) is 10.2. The van der Waals surface area contributed by atoms with Crippen LogP contribution in [0.2, 0.25) is 6.32 Å². The Morgan fingerprint density at radius 2 is 1.94 bits per heavy atom. The maximum atomic E-state index is 12.5. The number of phenols is 1. The Kier molecular flexibility index (Phi) is 6.34. The normalized spacial score (nSPS) is 23.2. The van der Waals surface area contributed by atoms with Gasteiger partial charge in [-0.2, -0.15) is 0 Å². The predicted molar refractivity (Wildman–Crippen MR) is 121 cm³/mol. The molecule has 0 aromatic heterocycles. The molecule has 0 bridgehead atoms. The average Bonchev–Trinajstić information content (AvgIpc) is 3.01. The summed E-state index contributed by atoms with van der Waals surface area (Å²) in [6, 6.07) is 16.8. The van der Waals surface area contributed by atoms with Crippen molar-refractivity contribution < 1.29 is 28.3 Å². The standard InChI is InChI=1S/C23H25BO6S/c25-14-19-15-31(28,29)22-13-24(27)30-21(23(19)22)10-9-18(17-6-2-1-3-7-17)11-16-5-4-8-20(26)12-16/h1-8,11-12,21-22,25-27H,9-10,13-15H2/b18-11-/t21-,22+/m1/s1. The number of aliphatic hydroxyl groups is 1. The summed E-state index contributed by atoms with van der Waals surface area (Å²) in [6.45, 7) is -0.328. The van der Waals surface area contributed by atoms with Gasteiger partial charge in [-0.25, -0.2) is 8.42 Å². The molecular weight excluding hydrogens is 415 g/mol.